The molecule has 0 bridgehead atoms. The lowest BCUT2D eigenvalue weighted by atomic mass is 10.3. The van der Waals surface area contributed by atoms with Crippen molar-refractivity contribution in [1.82, 2.24) is 0 Å². The van der Waals surface area contributed by atoms with Gasteiger partial charge in [0.15, 0.2) is 34.8 Å². The maximum absolute atomic E-state index is 13.9. The first kappa shape index (κ1) is 19.7. The molecule has 2 aromatic carbocycles. The second kappa shape index (κ2) is 7.32. The highest BCUT2D eigenvalue weighted by atomic mass is 32.2. The zero-order chi connectivity index (χ0) is 19.6. The van der Waals surface area contributed by atoms with E-state index in [4.69, 9.17) is 4.74 Å². The van der Waals surface area contributed by atoms with Gasteiger partial charge in [-0.05, 0) is 12.1 Å². The molecule has 0 saturated carbocycles. The Hall–Kier alpha value is -2.62. The standard InChI is InChI=1S/C16H12F5NO3S/c1-3-6-22(9-4-5-12(25-2)10(17)7-9)26(23,24)13-8-11(18)14(19)16(21)15(13)20/h3-5,7-8H,1,6H2,2H3. The fourth-order valence-electron chi connectivity index (χ4n) is 2.13. The Balaban J connectivity index is 2.67. The van der Waals surface area contributed by atoms with Gasteiger partial charge in [-0.25, -0.2) is 30.4 Å². The lowest BCUT2D eigenvalue weighted by molar-refractivity contribution is 0.386. The molecule has 0 aliphatic rings. The van der Waals surface area contributed by atoms with Crippen LogP contribution in [0, 0.1) is 29.1 Å². The van der Waals surface area contributed by atoms with Crippen molar-refractivity contribution in [3.8, 4) is 5.75 Å². The van der Waals surface area contributed by atoms with Crippen molar-refractivity contribution >= 4 is 15.7 Å². The van der Waals surface area contributed by atoms with Crippen LogP contribution in [0.5, 0.6) is 5.75 Å². The van der Waals surface area contributed by atoms with Gasteiger partial charge in [-0.1, -0.05) is 6.08 Å². The molecule has 0 saturated heterocycles. The Morgan fingerprint density at radius 1 is 1.04 bits per heavy atom. The van der Waals surface area contributed by atoms with Gasteiger partial charge >= 0.3 is 0 Å². The number of benzene rings is 2. The summed E-state index contributed by atoms with van der Waals surface area (Å²) in [6.07, 6.45) is 1.09. The van der Waals surface area contributed by atoms with Crippen molar-refractivity contribution in [2.24, 2.45) is 0 Å². The third-order valence-electron chi connectivity index (χ3n) is 3.36. The van der Waals surface area contributed by atoms with E-state index in [-0.39, 0.29) is 17.5 Å². The SMILES string of the molecule is C=CCN(c1ccc(OC)c(F)c1)S(=O)(=O)c1cc(F)c(F)c(F)c1F. The molecule has 0 aliphatic heterocycles. The van der Waals surface area contributed by atoms with Crippen LogP contribution >= 0.6 is 0 Å². The molecular formula is C16H12F5NO3S. The van der Waals surface area contributed by atoms with Crippen LogP contribution in [0.3, 0.4) is 0 Å². The summed E-state index contributed by atoms with van der Waals surface area (Å²) in [5, 5.41) is 0. The lowest BCUT2D eigenvalue weighted by Gasteiger charge is -2.24. The van der Waals surface area contributed by atoms with E-state index in [1.54, 1.807) is 0 Å². The molecule has 0 atom stereocenters. The fourth-order valence-corrected chi connectivity index (χ4v) is 3.63. The summed E-state index contributed by atoms with van der Waals surface area (Å²) >= 11 is 0. The molecule has 4 nitrogen and oxygen atoms in total. The van der Waals surface area contributed by atoms with Crippen molar-refractivity contribution in [3.05, 3.63) is 66.0 Å². The molecule has 0 amide bonds. The van der Waals surface area contributed by atoms with Crippen LogP contribution < -0.4 is 9.04 Å². The Labute approximate surface area is 146 Å². The van der Waals surface area contributed by atoms with Gasteiger partial charge in [-0.2, -0.15) is 0 Å². The van der Waals surface area contributed by atoms with Gasteiger partial charge < -0.3 is 4.74 Å². The topological polar surface area (TPSA) is 46.6 Å². The number of hydrogen-bond donors (Lipinski definition) is 0. The van der Waals surface area contributed by atoms with Gasteiger partial charge in [-0.15, -0.1) is 6.58 Å². The van der Waals surface area contributed by atoms with Crippen molar-refractivity contribution in [1.29, 1.82) is 0 Å². The molecule has 2 aromatic rings. The Bertz CT molecular complexity index is 963. The van der Waals surface area contributed by atoms with Crippen LogP contribution in [-0.2, 0) is 10.0 Å². The van der Waals surface area contributed by atoms with Crippen LogP contribution in [0.15, 0.2) is 41.8 Å². The summed E-state index contributed by atoms with van der Waals surface area (Å²) in [5.41, 5.74) is -0.284. The molecule has 0 aromatic heterocycles. The minimum Gasteiger partial charge on any atom is -0.494 e. The minimum absolute atomic E-state index is 0.0129. The van der Waals surface area contributed by atoms with Gasteiger partial charge in [0.05, 0.1) is 19.3 Å². The minimum atomic E-state index is -4.91. The normalized spacial score (nSPS) is 11.3. The fraction of sp³-hybridized carbons (Fsp3) is 0.125. The summed E-state index contributed by atoms with van der Waals surface area (Å²) in [6.45, 7) is 2.86. The van der Waals surface area contributed by atoms with E-state index in [0.717, 1.165) is 24.3 Å². The number of ether oxygens (including phenoxy) is 1. The van der Waals surface area contributed by atoms with Gasteiger partial charge in [0.1, 0.15) is 4.90 Å². The molecule has 0 heterocycles. The maximum Gasteiger partial charge on any atom is 0.267 e. The van der Waals surface area contributed by atoms with Crippen molar-refractivity contribution < 1.29 is 35.1 Å². The van der Waals surface area contributed by atoms with E-state index in [9.17, 15) is 30.4 Å². The predicted octanol–water partition coefficient (Wildman–Crippen LogP) is 3.77. The first-order valence-electron chi connectivity index (χ1n) is 6.95. The van der Waals surface area contributed by atoms with Crippen LogP contribution in [0.1, 0.15) is 0 Å². The molecule has 0 radical (unpaired) electrons. The van der Waals surface area contributed by atoms with Gasteiger partial charge in [0.25, 0.3) is 10.0 Å². The molecule has 10 heteroatoms. The number of hydrogen-bond acceptors (Lipinski definition) is 3. The molecular weight excluding hydrogens is 381 g/mol. The lowest BCUT2D eigenvalue weighted by Crippen LogP contribution is -2.32. The molecule has 0 fully saturated rings. The van der Waals surface area contributed by atoms with Crippen LogP contribution in [0.4, 0.5) is 27.6 Å². The summed E-state index contributed by atoms with van der Waals surface area (Å²) in [4.78, 5) is -1.44. The third-order valence-corrected chi connectivity index (χ3v) is 5.15. The summed E-state index contributed by atoms with van der Waals surface area (Å²) in [7, 11) is -3.72. The van der Waals surface area contributed by atoms with E-state index in [1.165, 1.54) is 7.11 Å². The second-order valence-electron chi connectivity index (χ2n) is 4.94. The number of methoxy groups -OCH3 is 1. The van der Waals surface area contributed by atoms with Crippen LogP contribution in [0.2, 0.25) is 0 Å². The monoisotopic (exact) mass is 393 g/mol. The zero-order valence-corrected chi connectivity index (χ0v) is 14.1. The first-order valence-corrected chi connectivity index (χ1v) is 8.39. The quantitative estimate of drug-likeness (QED) is 0.325. The number of halogens is 5. The highest BCUT2D eigenvalue weighted by Gasteiger charge is 2.32. The summed E-state index contributed by atoms with van der Waals surface area (Å²) in [5.74, 6) is -9.51. The smallest absolute Gasteiger partial charge is 0.267 e. The molecule has 0 N–H and O–H groups in total. The van der Waals surface area contributed by atoms with E-state index >= 15 is 0 Å². The highest BCUT2D eigenvalue weighted by molar-refractivity contribution is 7.92. The van der Waals surface area contributed by atoms with Crippen LogP contribution in [-0.4, -0.2) is 22.1 Å². The van der Waals surface area contributed by atoms with E-state index in [0.29, 0.717) is 4.31 Å². The first-order chi connectivity index (χ1) is 12.1. The van der Waals surface area contributed by atoms with Crippen LogP contribution in [0.25, 0.3) is 0 Å². The van der Waals surface area contributed by atoms with Gasteiger partial charge in [0.2, 0.25) is 0 Å². The van der Waals surface area contributed by atoms with E-state index in [1.807, 2.05) is 0 Å². The molecule has 0 aliphatic carbocycles. The highest BCUT2D eigenvalue weighted by Crippen LogP contribution is 2.30. The molecule has 2 rings (SSSR count). The zero-order valence-electron chi connectivity index (χ0n) is 13.3. The Morgan fingerprint density at radius 3 is 2.23 bits per heavy atom. The van der Waals surface area contributed by atoms with Gasteiger partial charge in [0, 0.05) is 12.1 Å². The Kier molecular flexibility index (Phi) is 5.55. The molecule has 0 unspecified atom stereocenters. The predicted molar refractivity (Wildman–Crippen MR) is 84.0 cm³/mol. The summed E-state index contributed by atoms with van der Waals surface area (Å²) < 4.78 is 98.2. The second-order valence-corrected chi connectivity index (χ2v) is 6.77. The number of sulfonamides is 1. The van der Waals surface area contributed by atoms with E-state index < -0.39 is 50.5 Å². The number of rotatable bonds is 6. The van der Waals surface area contributed by atoms with E-state index in [2.05, 4.69) is 6.58 Å². The maximum atomic E-state index is 13.9. The van der Waals surface area contributed by atoms with Gasteiger partial charge in [-0.3, -0.25) is 4.31 Å². The van der Waals surface area contributed by atoms with Crippen molar-refractivity contribution in [3.63, 3.8) is 0 Å². The molecule has 26 heavy (non-hydrogen) atoms. The molecule has 140 valence electrons. The largest absolute Gasteiger partial charge is 0.494 e. The van der Waals surface area contributed by atoms with Crippen molar-refractivity contribution in [2.45, 2.75) is 4.90 Å². The number of anilines is 1. The third kappa shape index (κ3) is 3.36. The summed E-state index contributed by atoms with van der Waals surface area (Å²) in [6, 6.07) is 3.03. The average molecular weight is 393 g/mol. The number of nitrogens with zero attached hydrogens (tertiary/aromatic N) is 1. The average Bonchev–Trinajstić information content (AvgIpc) is 2.60. The molecule has 0 spiro atoms. The Morgan fingerprint density at radius 2 is 1.69 bits per heavy atom. The van der Waals surface area contributed by atoms with Crippen molar-refractivity contribution in [2.75, 3.05) is 18.0 Å².